The Morgan fingerprint density at radius 3 is 2.39 bits per heavy atom. The molecule has 1 amide bonds. The third kappa shape index (κ3) is 4.91. The molecule has 18 heavy (non-hydrogen) atoms. The average Bonchev–Trinajstić information content (AvgIpc) is 2.37. The molecule has 0 spiro atoms. The van der Waals surface area contributed by atoms with Crippen LogP contribution in [0.4, 0.5) is 0 Å². The smallest absolute Gasteiger partial charge is 0.233 e. The van der Waals surface area contributed by atoms with Crippen LogP contribution in [0.1, 0.15) is 33.6 Å². The lowest BCUT2D eigenvalue weighted by atomic mass is 10.2. The van der Waals surface area contributed by atoms with E-state index in [1.807, 2.05) is 38.1 Å². The molecule has 0 aliphatic heterocycles. The van der Waals surface area contributed by atoms with Gasteiger partial charge < -0.3 is 5.32 Å². The van der Waals surface area contributed by atoms with E-state index in [4.69, 9.17) is 11.6 Å². The van der Waals surface area contributed by atoms with Gasteiger partial charge in [0.1, 0.15) is 0 Å². The minimum absolute atomic E-state index is 0.0415. The minimum Gasteiger partial charge on any atom is -0.353 e. The number of rotatable bonds is 6. The molecule has 0 saturated heterocycles. The number of nitrogens with one attached hydrogen (secondary N) is 1. The largest absolute Gasteiger partial charge is 0.353 e. The first-order chi connectivity index (χ1) is 8.56. The lowest BCUT2D eigenvalue weighted by Crippen LogP contribution is -2.38. The number of hydrogen-bond donors (Lipinski definition) is 1. The van der Waals surface area contributed by atoms with Crippen molar-refractivity contribution in [2.24, 2.45) is 0 Å². The zero-order chi connectivity index (χ0) is 13.5. The van der Waals surface area contributed by atoms with Gasteiger partial charge in [0.25, 0.3) is 0 Å². The molecule has 0 saturated carbocycles. The summed E-state index contributed by atoms with van der Waals surface area (Å²) >= 11 is 7.43. The second-order valence-electron chi connectivity index (χ2n) is 4.29. The first-order valence-electron chi connectivity index (χ1n) is 6.29. The van der Waals surface area contributed by atoms with E-state index in [0.717, 1.165) is 22.8 Å². The van der Waals surface area contributed by atoms with E-state index in [2.05, 4.69) is 12.2 Å². The van der Waals surface area contributed by atoms with E-state index in [9.17, 15) is 4.79 Å². The van der Waals surface area contributed by atoms with Crippen molar-refractivity contribution in [3.8, 4) is 0 Å². The highest BCUT2D eigenvalue weighted by Crippen LogP contribution is 2.26. The van der Waals surface area contributed by atoms with Crippen molar-refractivity contribution >= 4 is 29.3 Å². The van der Waals surface area contributed by atoms with E-state index in [-0.39, 0.29) is 17.2 Å². The molecule has 4 heteroatoms. The Morgan fingerprint density at radius 2 is 1.89 bits per heavy atom. The van der Waals surface area contributed by atoms with Gasteiger partial charge in [-0.3, -0.25) is 4.79 Å². The van der Waals surface area contributed by atoms with Gasteiger partial charge in [-0.05, 0) is 44.0 Å². The Bertz CT molecular complexity index is 380. The molecule has 0 radical (unpaired) electrons. The van der Waals surface area contributed by atoms with Gasteiger partial charge in [0.15, 0.2) is 0 Å². The van der Waals surface area contributed by atoms with Gasteiger partial charge in [-0.1, -0.05) is 25.4 Å². The summed E-state index contributed by atoms with van der Waals surface area (Å²) in [7, 11) is 0. The average molecular weight is 286 g/mol. The van der Waals surface area contributed by atoms with Gasteiger partial charge in [0.05, 0.1) is 5.25 Å². The van der Waals surface area contributed by atoms with Gasteiger partial charge >= 0.3 is 0 Å². The van der Waals surface area contributed by atoms with Crippen LogP contribution in [0.3, 0.4) is 0 Å². The van der Waals surface area contributed by atoms with Crippen LogP contribution in [-0.2, 0) is 4.79 Å². The maximum absolute atomic E-state index is 12.1. The molecular weight excluding hydrogens is 266 g/mol. The number of carbonyl (C=O) groups excluding carboxylic acids is 1. The molecule has 1 aromatic rings. The van der Waals surface area contributed by atoms with Crippen LogP contribution < -0.4 is 5.32 Å². The standard InChI is InChI=1S/C14H20ClNOS/c1-4-10(3)16-14(17)13(5-2)18-12-8-6-11(15)7-9-12/h6-10,13H,4-5H2,1-3H3,(H,16,17)/t10-,13+/m1/s1. The monoisotopic (exact) mass is 285 g/mol. The molecule has 100 valence electrons. The summed E-state index contributed by atoms with van der Waals surface area (Å²) in [6.45, 7) is 6.12. The fraction of sp³-hybridized carbons (Fsp3) is 0.500. The Morgan fingerprint density at radius 1 is 1.28 bits per heavy atom. The number of thioether (sulfide) groups is 1. The van der Waals surface area contributed by atoms with Crippen molar-refractivity contribution in [3.05, 3.63) is 29.3 Å². The summed E-state index contributed by atoms with van der Waals surface area (Å²) in [5.41, 5.74) is 0. The van der Waals surface area contributed by atoms with Gasteiger partial charge in [-0.15, -0.1) is 11.8 Å². The molecular formula is C14H20ClNOS. The summed E-state index contributed by atoms with van der Waals surface area (Å²) in [4.78, 5) is 13.1. The van der Waals surface area contributed by atoms with Crippen LogP contribution in [0, 0.1) is 0 Å². The van der Waals surface area contributed by atoms with E-state index in [0.29, 0.717) is 0 Å². The summed E-state index contributed by atoms with van der Waals surface area (Å²) in [6.07, 6.45) is 1.77. The Kier molecular flexibility index (Phi) is 6.58. The van der Waals surface area contributed by atoms with Gasteiger partial charge in [0.2, 0.25) is 5.91 Å². The highest BCUT2D eigenvalue weighted by Gasteiger charge is 2.18. The Hall–Kier alpha value is -0.670. The van der Waals surface area contributed by atoms with Crippen molar-refractivity contribution in [2.45, 2.75) is 49.8 Å². The van der Waals surface area contributed by atoms with E-state index < -0.39 is 0 Å². The number of amides is 1. The van der Waals surface area contributed by atoms with Crippen LogP contribution >= 0.6 is 23.4 Å². The normalized spacial score (nSPS) is 14.0. The molecule has 2 nitrogen and oxygen atoms in total. The highest BCUT2D eigenvalue weighted by molar-refractivity contribution is 8.00. The van der Waals surface area contributed by atoms with Crippen molar-refractivity contribution in [2.75, 3.05) is 0 Å². The molecule has 1 rings (SSSR count). The predicted molar refractivity (Wildman–Crippen MR) is 79.3 cm³/mol. The quantitative estimate of drug-likeness (QED) is 0.797. The van der Waals surface area contributed by atoms with Crippen molar-refractivity contribution in [1.29, 1.82) is 0 Å². The van der Waals surface area contributed by atoms with Gasteiger partial charge in [-0.2, -0.15) is 0 Å². The molecule has 0 unspecified atom stereocenters. The molecule has 1 aromatic carbocycles. The van der Waals surface area contributed by atoms with Gasteiger partial charge in [0, 0.05) is 16.0 Å². The second kappa shape index (κ2) is 7.70. The molecule has 2 atom stereocenters. The fourth-order valence-electron chi connectivity index (χ4n) is 1.44. The summed E-state index contributed by atoms with van der Waals surface area (Å²) in [6, 6.07) is 7.84. The predicted octanol–water partition coefficient (Wildman–Crippen LogP) is 4.13. The number of benzene rings is 1. The van der Waals surface area contributed by atoms with Crippen molar-refractivity contribution < 1.29 is 4.79 Å². The van der Waals surface area contributed by atoms with E-state index in [1.165, 1.54) is 0 Å². The summed E-state index contributed by atoms with van der Waals surface area (Å²) < 4.78 is 0. The lowest BCUT2D eigenvalue weighted by molar-refractivity contribution is -0.121. The third-order valence-electron chi connectivity index (χ3n) is 2.76. The van der Waals surface area contributed by atoms with Crippen molar-refractivity contribution in [1.82, 2.24) is 5.32 Å². The second-order valence-corrected chi connectivity index (χ2v) is 6.00. The lowest BCUT2D eigenvalue weighted by Gasteiger charge is -2.18. The molecule has 0 bridgehead atoms. The highest BCUT2D eigenvalue weighted by atomic mass is 35.5. The maximum Gasteiger partial charge on any atom is 0.233 e. The Balaban J connectivity index is 2.61. The summed E-state index contributed by atoms with van der Waals surface area (Å²) in [5, 5.41) is 3.70. The first-order valence-corrected chi connectivity index (χ1v) is 7.55. The number of carbonyl (C=O) groups is 1. The summed E-state index contributed by atoms with van der Waals surface area (Å²) in [5.74, 6) is 0.117. The molecule has 0 aliphatic carbocycles. The molecule has 1 N–H and O–H groups in total. The number of hydrogen-bond acceptors (Lipinski definition) is 2. The third-order valence-corrected chi connectivity index (χ3v) is 4.38. The minimum atomic E-state index is -0.0415. The SMILES string of the molecule is CC[C@@H](C)NC(=O)[C@H](CC)Sc1ccc(Cl)cc1. The Labute approximate surface area is 118 Å². The van der Waals surface area contributed by atoms with Crippen LogP contribution in [-0.4, -0.2) is 17.2 Å². The van der Waals surface area contributed by atoms with E-state index >= 15 is 0 Å². The van der Waals surface area contributed by atoms with Crippen LogP contribution in [0.5, 0.6) is 0 Å². The molecule has 0 aromatic heterocycles. The zero-order valence-corrected chi connectivity index (χ0v) is 12.6. The van der Waals surface area contributed by atoms with Crippen LogP contribution in [0.25, 0.3) is 0 Å². The van der Waals surface area contributed by atoms with Gasteiger partial charge in [-0.25, -0.2) is 0 Å². The zero-order valence-electron chi connectivity index (χ0n) is 11.1. The molecule has 0 heterocycles. The van der Waals surface area contributed by atoms with E-state index in [1.54, 1.807) is 11.8 Å². The number of halogens is 1. The topological polar surface area (TPSA) is 29.1 Å². The first kappa shape index (κ1) is 15.4. The van der Waals surface area contributed by atoms with Crippen LogP contribution in [0.2, 0.25) is 5.02 Å². The fourth-order valence-corrected chi connectivity index (χ4v) is 2.53. The van der Waals surface area contributed by atoms with Crippen molar-refractivity contribution in [3.63, 3.8) is 0 Å². The molecule has 0 aliphatic rings. The maximum atomic E-state index is 12.1. The van der Waals surface area contributed by atoms with Crippen LogP contribution in [0.15, 0.2) is 29.2 Å². The molecule has 0 fully saturated rings.